The average Bonchev–Trinajstić information content (AvgIpc) is 3.04. The number of urea groups is 1. The number of halogens is 1. The first-order chi connectivity index (χ1) is 12.0. The van der Waals surface area contributed by atoms with E-state index < -0.39 is 18.0 Å². The topological polar surface area (TPSA) is 80.6 Å². The van der Waals surface area contributed by atoms with E-state index in [1.807, 2.05) is 12.1 Å². The maximum atomic E-state index is 12.3. The molecule has 2 heterocycles. The summed E-state index contributed by atoms with van der Waals surface area (Å²) in [4.78, 5) is 24.1. The second-order valence-electron chi connectivity index (χ2n) is 5.50. The number of hydrogen-bond acceptors (Lipinski definition) is 4. The zero-order valence-corrected chi connectivity index (χ0v) is 14.5. The highest BCUT2D eigenvalue weighted by Crippen LogP contribution is 2.32. The predicted octanol–water partition coefficient (Wildman–Crippen LogP) is 3.79. The minimum absolute atomic E-state index is 0.241. The molecule has 0 unspecified atom stereocenters. The minimum Gasteiger partial charge on any atom is -0.463 e. The van der Waals surface area contributed by atoms with Crippen molar-refractivity contribution in [3.63, 3.8) is 0 Å². The van der Waals surface area contributed by atoms with Crippen molar-refractivity contribution in [1.29, 1.82) is 0 Å². The number of carbonyl (C=O) groups is 2. The number of esters is 1. The molecule has 1 aromatic carbocycles. The van der Waals surface area contributed by atoms with E-state index in [2.05, 4.69) is 10.6 Å². The quantitative estimate of drug-likeness (QED) is 0.813. The Hall–Kier alpha value is -2.73. The van der Waals surface area contributed by atoms with Crippen LogP contribution in [0.4, 0.5) is 4.79 Å². The van der Waals surface area contributed by atoms with Gasteiger partial charge >= 0.3 is 12.0 Å². The maximum absolute atomic E-state index is 12.3. The van der Waals surface area contributed by atoms with Gasteiger partial charge in [0.15, 0.2) is 0 Å². The Balaban J connectivity index is 1.96. The van der Waals surface area contributed by atoms with Gasteiger partial charge in [0.1, 0.15) is 17.6 Å². The molecule has 2 aromatic rings. The molecular formula is C18H17ClN2O4. The van der Waals surface area contributed by atoms with Crippen molar-refractivity contribution in [3.8, 4) is 11.3 Å². The van der Waals surface area contributed by atoms with Crippen molar-refractivity contribution in [1.82, 2.24) is 10.6 Å². The van der Waals surface area contributed by atoms with E-state index in [1.54, 1.807) is 38.1 Å². The van der Waals surface area contributed by atoms with Crippen molar-refractivity contribution in [2.24, 2.45) is 0 Å². The van der Waals surface area contributed by atoms with Crippen LogP contribution in [0.25, 0.3) is 11.3 Å². The smallest absolute Gasteiger partial charge is 0.338 e. The Morgan fingerprint density at radius 2 is 1.96 bits per heavy atom. The van der Waals surface area contributed by atoms with Gasteiger partial charge in [0.25, 0.3) is 0 Å². The summed E-state index contributed by atoms with van der Waals surface area (Å²) in [5, 5.41) is 5.92. The molecule has 2 N–H and O–H groups in total. The van der Waals surface area contributed by atoms with E-state index in [-0.39, 0.29) is 6.61 Å². The van der Waals surface area contributed by atoms with Crippen LogP contribution in [0.2, 0.25) is 5.02 Å². The Labute approximate surface area is 149 Å². The molecular weight excluding hydrogens is 344 g/mol. The molecule has 0 fully saturated rings. The van der Waals surface area contributed by atoms with Gasteiger partial charge in [0.2, 0.25) is 0 Å². The fourth-order valence-electron chi connectivity index (χ4n) is 2.66. The van der Waals surface area contributed by atoms with E-state index in [0.29, 0.717) is 27.8 Å². The molecule has 1 atom stereocenters. The van der Waals surface area contributed by atoms with Gasteiger partial charge in [0, 0.05) is 16.3 Å². The summed E-state index contributed by atoms with van der Waals surface area (Å²) in [5.74, 6) is 0.560. The van der Waals surface area contributed by atoms with Gasteiger partial charge in [0.05, 0.1) is 12.2 Å². The second-order valence-corrected chi connectivity index (χ2v) is 5.94. The van der Waals surface area contributed by atoms with Crippen LogP contribution in [-0.4, -0.2) is 18.6 Å². The van der Waals surface area contributed by atoms with Crippen LogP contribution < -0.4 is 10.6 Å². The van der Waals surface area contributed by atoms with E-state index in [4.69, 9.17) is 20.8 Å². The first-order valence-electron chi connectivity index (χ1n) is 7.80. The lowest BCUT2D eigenvalue weighted by Crippen LogP contribution is -2.45. The predicted molar refractivity (Wildman–Crippen MR) is 92.9 cm³/mol. The number of hydrogen-bond donors (Lipinski definition) is 2. The molecule has 0 saturated heterocycles. The Bertz CT molecular complexity index is 839. The van der Waals surface area contributed by atoms with Crippen molar-refractivity contribution < 1.29 is 18.7 Å². The number of allylic oxidation sites excluding steroid dienone is 1. The highest BCUT2D eigenvalue weighted by molar-refractivity contribution is 6.30. The number of furan rings is 1. The molecule has 6 nitrogen and oxygen atoms in total. The first kappa shape index (κ1) is 17.1. The van der Waals surface area contributed by atoms with Crippen LogP contribution in [0.15, 0.2) is 52.1 Å². The minimum atomic E-state index is -0.714. The van der Waals surface area contributed by atoms with E-state index >= 15 is 0 Å². The summed E-state index contributed by atoms with van der Waals surface area (Å²) in [6.07, 6.45) is 0. The van der Waals surface area contributed by atoms with Crippen LogP contribution in [0, 0.1) is 0 Å². The maximum Gasteiger partial charge on any atom is 0.338 e. The fourth-order valence-corrected chi connectivity index (χ4v) is 2.79. The molecule has 0 aliphatic carbocycles. The molecule has 1 aromatic heterocycles. The Morgan fingerprint density at radius 1 is 1.24 bits per heavy atom. The van der Waals surface area contributed by atoms with Crippen LogP contribution >= 0.6 is 11.6 Å². The average molecular weight is 361 g/mol. The van der Waals surface area contributed by atoms with E-state index in [1.165, 1.54) is 0 Å². The highest BCUT2D eigenvalue weighted by atomic mass is 35.5. The molecule has 1 aliphatic rings. The van der Waals surface area contributed by atoms with Gasteiger partial charge in [-0.3, -0.25) is 0 Å². The fraction of sp³-hybridized carbons (Fsp3) is 0.222. The van der Waals surface area contributed by atoms with Crippen LogP contribution in [0.1, 0.15) is 25.6 Å². The molecule has 7 heteroatoms. The lowest BCUT2D eigenvalue weighted by Gasteiger charge is -2.26. The van der Waals surface area contributed by atoms with Crippen LogP contribution in [0.3, 0.4) is 0 Å². The number of amides is 2. The summed E-state index contributed by atoms with van der Waals surface area (Å²) in [7, 11) is 0. The number of nitrogens with one attached hydrogen (secondary N) is 2. The summed E-state index contributed by atoms with van der Waals surface area (Å²) in [6.45, 7) is 3.62. The van der Waals surface area contributed by atoms with Gasteiger partial charge in [-0.25, -0.2) is 9.59 Å². The molecule has 0 saturated carbocycles. The first-order valence-corrected chi connectivity index (χ1v) is 8.18. The van der Waals surface area contributed by atoms with Crippen LogP contribution in [0.5, 0.6) is 0 Å². The third-order valence-electron chi connectivity index (χ3n) is 3.80. The van der Waals surface area contributed by atoms with Gasteiger partial charge in [-0.2, -0.15) is 0 Å². The normalized spacial score (nSPS) is 17.1. The summed E-state index contributed by atoms with van der Waals surface area (Å²) in [6, 6.07) is 9.59. The highest BCUT2D eigenvalue weighted by Gasteiger charge is 2.34. The van der Waals surface area contributed by atoms with E-state index in [0.717, 1.165) is 5.56 Å². The van der Waals surface area contributed by atoms with Gasteiger partial charge < -0.3 is 19.8 Å². The molecule has 130 valence electrons. The molecule has 2 amide bonds. The third-order valence-corrected chi connectivity index (χ3v) is 4.06. The second kappa shape index (κ2) is 7.03. The number of carbonyl (C=O) groups excluding carboxylic acids is 2. The monoisotopic (exact) mass is 360 g/mol. The molecule has 25 heavy (non-hydrogen) atoms. The Morgan fingerprint density at radius 3 is 2.64 bits per heavy atom. The standard InChI is InChI=1S/C18H17ClN2O4/c1-3-24-17(22)15-10(2)20-18(23)21-16(15)14-9-8-13(25-14)11-4-6-12(19)7-5-11/h4-9,16H,3H2,1-2H3,(H2,20,21,23)/t16-/m1/s1. The third kappa shape index (κ3) is 3.53. The molecule has 0 spiro atoms. The largest absolute Gasteiger partial charge is 0.463 e. The lowest BCUT2D eigenvalue weighted by atomic mass is 10.0. The molecule has 3 rings (SSSR count). The van der Waals surface area contributed by atoms with Crippen molar-refractivity contribution >= 4 is 23.6 Å². The van der Waals surface area contributed by atoms with Crippen molar-refractivity contribution in [2.45, 2.75) is 19.9 Å². The zero-order chi connectivity index (χ0) is 18.0. The van der Waals surface area contributed by atoms with Gasteiger partial charge in [-0.05, 0) is 50.2 Å². The lowest BCUT2D eigenvalue weighted by molar-refractivity contribution is -0.139. The van der Waals surface area contributed by atoms with E-state index in [9.17, 15) is 9.59 Å². The van der Waals surface area contributed by atoms with Gasteiger partial charge in [-0.1, -0.05) is 11.6 Å². The summed E-state index contributed by atoms with van der Waals surface area (Å²) >= 11 is 5.90. The molecule has 0 radical (unpaired) electrons. The number of ether oxygens (including phenoxy) is 1. The SMILES string of the molecule is CCOC(=O)C1=C(C)NC(=O)N[C@@H]1c1ccc(-c2ccc(Cl)cc2)o1. The van der Waals surface area contributed by atoms with Gasteiger partial charge in [-0.15, -0.1) is 0 Å². The number of benzene rings is 1. The zero-order valence-electron chi connectivity index (χ0n) is 13.8. The van der Waals surface area contributed by atoms with Crippen LogP contribution in [-0.2, 0) is 9.53 Å². The van der Waals surface area contributed by atoms with Crippen molar-refractivity contribution in [3.05, 3.63) is 58.5 Å². The summed E-state index contributed by atoms with van der Waals surface area (Å²) < 4.78 is 11.0. The molecule has 1 aliphatic heterocycles. The Kier molecular flexibility index (Phi) is 4.81. The van der Waals surface area contributed by atoms with Crippen molar-refractivity contribution in [2.75, 3.05) is 6.61 Å². The number of rotatable bonds is 4. The summed E-state index contributed by atoms with van der Waals surface area (Å²) in [5.41, 5.74) is 1.60. The molecule has 0 bridgehead atoms.